The Labute approximate surface area is 81.7 Å². The maximum atomic E-state index is 11.7. The molecule has 5 nitrogen and oxygen atoms in total. The van der Waals surface area contributed by atoms with Crippen molar-refractivity contribution < 1.29 is 14.4 Å². The number of fused-ring (bicyclic) bond motifs is 1. The van der Waals surface area contributed by atoms with Crippen molar-refractivity contribution in [2.45, 2.75) is 38.8 Å². The van der Waals surface area contributed by atoms with Crippen LogP contribution in [0.5, 0.6) is 0 Å². The SMILES string of the molecule is CC(=O)N1C(=O)N(C(C)=O)C2CCC21. The van der Waals surface area contributed by atoms with Crippen LogP contribution in [0.25, 0.3) is 0 Å². The van der Waals surface area contributed by atoms with Crippen molar-refractivity contribution in [3.63, 3.8) is 0 Å². The summed E-state index contributed by atoms with van der Waals surface area (Å²) in [6.45, 7) is 2.72. The first-order valence-corrected chi connectivity index (χ1v) is 4.67. The van der Waals surface area contributed by atoms with Crippen molar-refractivity contribution in [2.75, 3.05) is 0 Å². The van der Waals surface area contributed by atoms with Gasteiger partial charge < -0.3 is 0 Å². The van der Waals surface area contributed by atoms with E-state index in [0.717, 1.165) is 12.8 Å². The molecule has 2 rings (SSSR count). The van der Waals surface area contributed by atoms with Gasteiger partial charge in [0, 0.05) is 13.8 Å². The van der Waals surface area contributed by atoms with Gasteiger partial charge in [0.1, 0.15) is 0 Å². The largest absolute Gasteiger partial charge is 0.334 e. The number of carbonyl (C=O) groups is 3. The van der Waals surface area contributed by atoms with E-state index in [1.807, 2.05) is 0 Å². The number of amides is 4. The number of nitrogens with zero attached hydrogens (tertiary/aromatic N) is 2. The van der Waals surface area contributed by atoms with Crippen molar-refractivity contribution in [2.24, 2.45) is 0 Å². The summed E-state index contributed by atoms with van der Waals surface area (Å²) < 4.78 is 0. The van der Waals surface area contributed by atoms with Gasteiger partial charge in [0.25, 0.3) is 0 Å². The predicted octanol–water partition coefficient (Wildman–Crippen LogP) is 0.348. The third kappa shape index (κ3) is 0.981. The molecule has 4 amide bonds. The van der Waals surface area contributed by atoms with Crippen molar-refractivity contribution in [3.8, 4) is 0 Å². The van der Waals surface area contributed by atoms with E-state index in [1.165, 1.54) is 23.6 Å². The second-order valence-corrected chi connectivity index (χ2v) is 3.77. The van der Waals surface area contributed by atoms with E-state index in [9.17, 15) is 14.4 Å². The number of rotatable bonds is 0. The minimum absolute atomic E-state index is 0.0658. The van der Waals surface area contributed by atoms with Gasteiger partial charge in [0.2, 0.25) is 11.8 Å². The molecule has 14 heavy (non-hydrogen) atoms. The maximum Gasteiger partial charge on any atom is 0.334 e. The number of imide groups is 2. The Hall–Kier alpha value is -1.39. The third-order valence-electron chi connectivity index (χ3n) is 2.96. The normalized spacial score (nSPS) is 30.0. The smallest absolute Gasteiger partial charge is 0.275 e. The highest BCUT2D eigenvalue weighted by atomic mass is 16.2. The zero-order valence-electron chi connectivity index (χ0n) is 8.19. The van der Waals surface area contributed by atoms with Gasteiger partial charge in [-0.25, -0.2) is 4.79 Å². The van der Waals surface area contributed by atoms with Crippen molar-refractivity contribution in [1.29, 1.82) is 0 Å². The van der Waals surface area contributed by atoms with Crippen LogP contribution < -0.4 is 0 Å². The van der Waals surface area contributed by atoms with E-state index in [-0.39, 0.29) is 23.9 Å². The second-order valence-electron chi connectivity index (χ2n) is 3.77. The number of hydrogen-bond acceptors (Lipinski definition) is 3. The number of hydrogen-bond donors (Lipinski definition) is 0. The number of carbonyl (C=O) groups excluding carboxylic acids is 3. The van der Waals surface area contributed by atoms with Crippen LogP contribution in [0.1, 0.15) is 26.7 Å². The summed E-state index contributed by atoms with van der Waals surface area (Å²) in [5.41, 5.74) is 0. The van der Waals surface area contributed by atoms with Gasteiger partial charge in [-0.1, -0.05) is 0 Å². The molecule has 0 spiro atoms. The molecule has 2 aliphatic rings. The lowest BCUT2D eigenvalue weighted by molar-refractivity contribution is -0.129. The van der Waals surface area contributed by atoms with Crippen LogP contribution in [0, 0.1) is 0 Å². The highest BCUT2D eigenvalue weighted by Crippen LogP contribution is 2.37. The van der Waals surface area contributed by atoms with Gasteiger partial charge in [0.05, 0.1) is 12.1 Å². The molecule has 0 aromatic heterocycles. The van der Waals surface area contributed by atoms with E-state index in [0.29, 0.717) is 0 Å². The van der Waals surface area contributed by atoms with Gasteiger partial charge in [0.15, 0.2) is 0 Å². The minimum atomic E-state index is -0.447. The molecule has 0 radical (unpaired) electrons. The summed E-state index contributed by atoms with van der Waals surface area (Å²) in [5, 5.41) is 0. The number of urea groups is 1. The van der Waals surface area contributed by atoms with Crippen molar-refractivity contribution in [1.82, 2.24) is 9.80 Å². The summed E-state index contributed by atoms with van der Waals surface area (Å²) in [7, 11) is 0. The van der Waals surface area contributed by atoms with Crippen LogP contribution in [0.2, 0.25) is 0 Å². The second kappa shape index (κ2) is 2.80. The third-order valence-corrected chi connectivity index (χ3v) is 2.96. The monoisotopic (exact) mass is 196 g/mol. The summed E-state index contributed by atoms with van der Waals surface area (Å²) in [6, 6.07) is -0.578. The zero-order valence-corrected chi connectivity index (χ0v) is 8.19. The first kappa shape index (κ1) is 9.18. The van der Waals surface area contributed by atoms with Gasteiger partial charge in [-0.3, -0.25) is 19.4 Å². The molecule has 2 atom stereocenters. The summed E-state index contributed by atoms with van der Waals surface area (Å²) in [5.74, 6) is -0.540. The molecular formula is C9H12N2O3. The van der Waals surface area contributed by atoms with Crippen LogP contribution in [0.4, 0.5) is 4.79 Å². The Kier molecular flexibility index (Phi) is 1.83. The van der Waals surface area contributed by atoms with E-state index in [1.54, 1.807) is 0 Å². The van der Waals surface area contributed by atoms with Crippen LogP contribution in [-0.4, -0.2) is 39.7 Å². The van der Waals surface area contributed by atoms with E-state index >= 15 is 0 Å². The average molecular weight is 196 g/mol. The maximum absolute atomic E-state index is 11.7. The Bertz CT molecular complexity index is 296. The van der Waals surface area contributed by atoms with Crippen LogP contribution >= 0.6 is 0 Å². The zero-order chi connectivity index (χ0) is 10.5. The summed E-state index contributed by atoms with van der Waals surface area (Å²) in [4.78, 5) is 36.4. The first-order valence-electron chi connectivity index (χ1n) is 4.67. The fourth-order valence-electron chi connectivity index (χ4n) is 2.20. The topological polar surface area (TPSA) is 57.7 Å². The molecule has 1 aliphatic heterocycles. The lowest BCUT2D eigenvalue weighted by Crippen LogP contribution is -2.47. The van der Waals surface area contributed by atoms with Gasteiger partial charge >= 0.3 is 6.03 Å². The average Bonchev–Trinajstić information content (AvgIpc) is 2.22. The molecule has 0 bridgehead atoms. The Balaban J connectivity index is 2.29. The van der Waals surface area contributed by atoms with Crippen molar-refractivity contribution in [3.05, 3.63) is 0 Å². The van der Waals surface area contributed by atoms with Gasteiger partial charge in [-0.15, -0.1) is 0 Å². The Morgan fingerprint density at radius 2 is 1.43 bits per heavy atom. The molecule has 1 aliphatic carbocycles. The predicted molar refractivity (Wildman–Crippen MR) is 47.2 cm³/mol. The standard InChI is InChI=1S/C9H12N2O3/c1-5(12)10-7-3-4-8(7)11(6(2)13)9(10)14/h7-8H,3-4H2,1-2H3. The lowest BCUT2D eigenvalue weighted by atomic mass is 9.86. The Morgan fingerprint density at radius 3 is 1.57 bits per heavy atom. The lowest BCUT2D eigenvalue weighted by Gasteiger charge is -2.34. The van der Waals surface area contributed by atoms with E-state index in [2.05, 4.69) is 0 Å². The molecule has 0 aromatic carbocycles. The summed E-state index contributed by atoms with van der Waals surface area (Å²) >= 11 is 0. The molecule has 2 unspecified atom stereocenters. The molecular weight excluding hydrogens is 184 g/mol. The van der Waals surface area contributed by atoms with Crippen LogP contribution in [0.3, 0.4) is 0 Å². The first-order chi connectivity index (χ1) is 6.54. The molecule has 0 aromatic rings. The van der Waals surface area contributed by atoms with Crippen molar-refractivity contribution >= 4 is 17.8 Å². The Morgan fingerprint density at radius 1 is 1.07 bits per heavy atom. The van der Waals surface area contributed by atoms with Crippen LogP contribution in [-0.2, 0) is 9.59 Å². The van der Waals surface area contributed by atoms with E-state index in [4.69, 9.17) is 0 Å². The molecule has 5 heteroatoms. The van der Waals surface area contributed by atoms with Gasteiger partial charge in [-0.05, 0) is 12.8 Å². The fourth-order valence-corrected chi connectivity index (χ4v) is 2.20. The van der Waals surface area contributed by atoms with E-state index < -0.39 is 6.03 Å². The van der Waals surface area contributed by atoms with Gasteiger partial charge in [-0.2, -0.15) is 0 Å². The molecule has 76 valence electrons. The van der Waals surface area contributed by atoms with Crippen LogP contribution in [0.15, 0.2) is 0 Å². The molecule has 1 saturated heterocycles. The molecule has 0 N–H and O–H groups in total. The molecule has 1 saturated carbocycles. The fraction of sp³-hybridized carbons (Fsp3) is 0.667. The molecule has 2 fully saturated rings. The quantitative estimate of drug-likeness (QED) is 0.561. The summed E-state index contributed by atoms with van der Waals surface area (Å²) in [6.07, 6.45) is 1.64. The minimum Gasteiger partial charge on any atom is -0.275 e. The highest BCUT2D eigenvalue weighted by molar-refractivity contribution is 6.04. The molecule has 1 heterocycles. The highest BCUT2D eigenvalue weighted by Gasteiger charge is 2.54.